The van der Waals surface area contributed by atoms with Crippen LogP contribution >= 0.6 is 12.2 Å². The van der Waals surface area contributed by atoms with Crippen LogP contribution in [-0.4, -0.2) is 27.7 Å². The Kier molecular flexibility index (Phi) is 5.06. The van der Waals surface area contributed by atoms with Gasteiger partial charge >= 0.3 is 0 Å². The predicted octanol–water partition coefficient (Wildman–Crippen LogP) is 3.17. The van der Waals surface area contributed by atoms with Crippen LogP contribution in [0.3, 0.4) is 0 Å². The van der Waals surface area contributed by atoms with E-state index in [-0.39, 0.29) is 0 Å². The maximum absolute atomic E-state index is 5.53. The van der Waals surface area contributed by atoms with Crippen LogP contribution in [0, 0.1) is 4.77 Å². The number of rotatable bonds is 6. The highest BCUT2D eigenvalue weighted by Crippen LogP contribution is 2.11. The number of benzene rings is 1. The number of aryl methyl sites for hydroxylation is 1. The quantitative estimate of drug-likeness (QED) is 0.656. The summed E-state index contributed by atoms with van der Waals surface area (Å²) in [7, 11) is 0. The number of hydrogen-bond acceptors (Lipinski definition) is 4. The van der Waals surface area contributed by atoms with Crippen molar-refractivity contribution in [1.82, 2.24) is 14.9 Å². The SMILES string of the molecule is CCCOc1ccc(/C=N/n2c(CC)n[nH]c2=S)cc1. The minimum Gasteiger partial charge on any atom is -0.494 e. The first-order valence-electron chi connectivity index (χ1n) is 6.68. The number of H-pyrrole nitrogens is 1. The second-order valence-electron chi connectivity index (χ2n) is 4.27. The first-order chi connectivity index (χ1) is 9.74. The van der Waals surface area contributed by atoms with E-state index < -0.39 is 0 Å². The summed E-state index contributed by atoms with van der Waals surface area (Å²) in [5.41, 5.74) is 0.985. The topological polar surface area (TPSA) is 55.2 Å². The van der Waals surface area contributed by atoms with Crippen LogP contribution in [-0.2, 0) is 6.42 Å². The molecule has 0 saturated carbocycles. The van der Waals surface area contributed by atoms with Gasteiger partial charge in [0.2, 0.25) is 4.77 Å². The molecule has 1 aromatic carbocycles. The molecule has 0 saturated heterocycles. The van der Waals surface area contributed by atoms with E-state index in [1.807, 2.05) is 31.2 Å². The molecule has 5 nitrogen and oxygen atoms in total. The van der Waals surface area contributed by atoms with Crippen molar-refractivity contribution in [2.75, 3.05) is 6.61 Å². The Morgan fingerprint density at radius 1 is 1.35 bits per heavy atom. The Morgan fingerprint density at radius 3 is 2.75 bits per heavy atom. The van der Waals surface area contributed by atoms with Crippen LogP contribution in [0.4, 0.5) is 0 Å². The van der Waals surface area contributed by atoms with Crippen LogP contribution in [0.15, 0.2) is 29.4 Å². The van der Waals surface area contributed by atoms with Gasteiger partial charge in [-0.05, 0) is 48.5 Å². The largest absolute Gasteiger partial charge is 0.494 e. The standard InChI is InChI=1S/C14H18N4OS/c1-3-9-19-12-7-5-11(6-8-12)10-15-18-13(4-2)16-17-14(18)20/h5-8,10H,3-4,9H2,1-2H3,(H,17,20)/b15-10+. The third-order valence-electron chi connectivity index (χ3n) is 2.71. The fourth-order valence-electron chi connectivity index (χ4n) is 1.67. The van der Waals surface area contributed by atoms with E-state index in [0.29, 0.717) is 4.77 Å². The molecule has 1 aromatic heterocycles. The first-order valence-corrected chi connectivity index (χ1v) is 7.09. The van der Waals surface area contributed by atoms with E-state index in [2.05, 4.69) is 22.2 Å². The lowest BCUT2D eigenvalue weighted by Gasteiger charge is -2.03. The highest BCUT2D eigenvalue weighted by atomic mass is 32.1. The van der Waals surface area contributed by atoms with Crippen molar-refractivity contribution in [3.63, 3.8) is 0 Å². The average molecular weight is 290 g/mol. The van der Waals surface area contributed by atoms with Gasteiger partial charge in [0.1, 0.15) is 5.75 Å². The summed E-state index contributed by atoms with van der Waals surface area (Å²) < 4.78 is 7.67. The van der Waals surface area contributed by atoms with E-state index in [9.17, 15) is 0 Å². The highest BCUT2D eigenvalue weighted by Gasteiger charge is 2.01. The predicted molar refractivity (Wildman–Crippen MR) is 82.0 cm³/mol. The van der Waals surface area contributed by atoms with Crippen LogP contribution in [0.25, 0.3) is 0 Å². The fraction of sp³-hybridized carbons (Fsp3) is 0.357. The molecule has 0 aliphatic heterocycles. The van der Waals surface area contributed by atoms with E-state index in [0.717, 1.165) is 36.6 Å². The summed E-state index contributed by atoms with van der Waals surface area (Å²) in [6.45, 7) is 4.83. The van der Waals surface area contributed by atoms with Crippen molar-refractivity contribution in [2.24, 2.45) is 5.10 Å². The Labute approximate surface area is 123 Å². The molecule has 0 bridgehead atoms. The zero-order chi connectivity index (χ0) is 14.4. The molecular formula is C14H18N4OS. The molecule has 2 rings (SSSR count). The van der Waals surface area contributed by atoms with Gasteiger partial charge in [0.15, 0.2) is 5.82 Å². The number of aromatic amines is 1. The zero-order valence-electron chi connectivity index (χ0n) is 11.7. The molecule has 0 radical (unpaired) electrons. The van der Waals surface area contributed by atoms with Gasteiger partial charge in [-0.1, -0.05) is 13.8 Å². The van der Waals surface area contributed by atoms with Gasteiger partial charge in [-0.3, -0.25) is 5.10 Å². The van der Waals surface area contributed by atoms with E-state index in [4.69, 9.17) is 17.0 Å². The Balaban J connectivity index is 2.11. The molecule has 0 aliphatic carbocycles. The molecule has 0 amide bonds. The lowest BCUT2D eigenvalue weighted by atomic mass is 10.2. The van der Waals surface area contributed by atoms with Crippen LogP contribution in [0.2, 0.25) is 0 Å². The molecular weight excluding hydrogens is 272 g/mol. The summed E-state index contributed by atoms with van der Waals surface area (Å²) >= 11 is 5.13. The second kappa shape index (κ2) is 7.00. The average Bonchev–Trinajstić information content (AvgIpc) is 2.84. The number of aromatic nitrogens is 3. The Bertz CT molecular complexity index is 627. The molecule has 0 fully saturated rings. The van der Waals surface area contributed by atoms with Crippen molar-refractivity contribution in [3.05, 3.63) is 40.4 Å². The van der Waals surface area contributed by atoms with Gasteiger partial charge in [-0.2, -0.15) is 14.9 Å². The molecule has 106 valence electrons. The van der Waals surface area contributed by atoms with Crippen molar-refractivity contribution in [3.8, 4) is 5.75 Å². The Morgan fingerprint density at radius 2 is 2.10 bits per heavy atom. The summed E-state index contributed by atoms with van der Waals surface area (Å²) in [5.74, 6) is 1.69. The fourth-order valence-corrected chi connectivity index (χ4v) is 1.86. The van der Waals surface area contributed by atoms with E-state index in [1.54, 1.807) is 10.9 Å². The molecule has 0 atom stereocenters. The molecule has 0 spiro atoms. The van der Waals surface area contributed by atoms with Crippen molar-refractivity contribution in [1.29, 1.82) is 0 Å². The van der Waals surface area contributed by atoms with E-state index in [1.165, 1.54) is 0 Å². The van der Waals surface area contributed by atoms with E-state index >= 15 is 0 Å². The maximum Gasteiger partial charge on any atom is 0.216 e. The molecule has 1 N–H and O–H groups in total. The van der Waals surface area contributed by atoms with Gasteiger partial charge in [0, 0.05) is 6.42 Å². The van der Waals surface area contributed by atoms with Crippen LogP contribution in [0.1, 0.15) is 31.7 Å². The molecule has 0 unspecified atom stereocenters. The van der Waals surface area contributed by atoms with Crippen molar-refractivity contribution < 1.29 is 4.74 Å². The molecule has 6 heteroatoms. The van der Waals surface area contributed by atoms with Crippen molar-refractivity contribution in [2.45, 2.75) is 26.7 Å². The second-order valence-corrected chi connectivity index (χ2v) is 4.66. The molecule has 2 aromatic rings. The van der Waals surface area contributed by atoms with Gasteiger partial charge in [-0.15, -0.1) is 0 Å². The normalized spacial score (nSPS) is 11.1. The summed E-state index contributed by atoms with van der Waals surface area (Å²) in [5, 5.41) is 11.2. The number of nitrogens with one attached hydrogen (secondary N) is 1. The van der Waals surface area contributed by atoms with Gasteiger partial charge < -0.3 is 4.74 Å². The smallest absolute Gasteiger partial charge is 0.216 e. The molecule has 20 heavy (non-hydrogen) atoms. The van der Waals surface area contributed by atoms with Gasteiger partial charge in [0.25, 0.3) is 0 Å². The summed E-state index contributed by atoms with van der Waals surface area (Å²) in [6.07, 6.45) is 3.53. The minimum absolute atomic E-state index is 0.501. The zero-order valence-corrected chi connectivity index (χ0v) is 12.5. The lowest BCUT2D eigenvalue weighted by molar-refractivity contribution is 0.317. The maximum atomic E-state index is 5.53. The lowest BCUT2D eigenvalue weighted by Crippen LogP contribution is -1.97. The van der Waals surface area contributed by atoms with Gasteiger partial charge in [-0.25, -0.2) is 0 Å². The number of hydrogen-bond donors (Lipinski definition) is 1. The van der Waals surface area contributed by atoms with Crippen LogP contribution in [0.5, 0.6) is 5.75 Å². The van der Waals surface area contributed by atoms with Gasteiger partial charge in [0.05, 0.1) is 12.8 Å². The highest BCUT2D eigenvalue weighted by molar-refractivity contribution is 7.71. The summed E-state index contributed by atoms with van der Waals surface area (Å²) in [6, 6.07) is 7.80. The number of nitrogens with zero attached hydrogens (tertiary/aromatic N) is 3. The monoisotopic (exact) mass is 290 g/mol. The Hall–Kier alpha value is -1.95. The third kappa shape index (κ3) is 3.54. The molecule has 0 aliphatic rings. The first kappa shape index (κ1) is 14.5. The third-order valence-corrected chi connectivity index (χ3v) is 2.97. The van der Waals surface area contributed by atoms with Crippen molar-refractivity contribution >= 4 is 18.4 Å². The van der Waals surface area contributed by atoms with Crippen LogP contribution < -0.4 is 4.74 Å². The minimum atomic E-state index is 0.501. The summed E-state index contributed by atoms with van der Waals surface area (Å²) in [4.78, 5) is 0. The number of ether oxygens (including phenoxy) is 1. The molecule has 1 heterocycles.